The van der Waals surface area contributed by atoms with Gasteiger partial charge in [0.2, 0.25) is 0 Å². The first-order chi connectivity index (χ1) is 8.97. The Morgan fingerprint density at radius 2 is 1.89 bits per heavy atom. The fourth-order valence-electron chi connectivity index (χ4n) is 1.90. The molecule has 0 amide bonds. The Morgan fingerprint density at radius 1 is 1.26 bits per heavy atom. The molecule has 0 atom stereocenters. The summed E-state index contributed by atoms with van der Waals surface area (Å²) < 4.78 is 19.1. The van der Waals surface area contributed by atoms with E-state index in [0.29, 0.717) is 11.6 Å². The van der Waals surface area contributed by atoms with Gasteiger partial charge in [-0.15, -0.1) is 0 Å². The molecule has 0 unspecified atom stereocenters. The fraction of sp³-hybridized carbons (Fsp3) is 0.600. The molecular formula is C15H25FN2O. The van der Waals surface area contributed by atoms with Crippen molar-refractivity contribution in [3.05, 3.63) is 17.9 Å². The van der Waals surface area contributed by atoms with Gasteiger partial charge in [0.1, 0.15) is 0 Å². The number of rotatable bonds is 7. The number of anilines is 2. The zero-order valence-electron chi connectivity index (χ0n) is 12.3. The van der Waals surface area contributed by atoms with Crippen molar-refractivity contribution in [3.63, 3.8) is 0 Å². The van der Waals surface area contributed by atoms with Crippen LogP contribution in [0, 0.1) is 11.7 Å². The summed E-state index contributed by atoms with van der Waals surface area (Å²) in [5.41, 5.74) is 6.99. The van der Waals surface area contributed by atoms with E-state index in [2.05, 4.69) is 19.2 Å². The molecule has 1 aromatic carbocycles. The van der Waals surface area contributed by atoms with Crippen LogP contribution in [0.2, 0.25) is 0 Å². The molecule has 0 aliphatic rings. The van der Waals surface area contributed by atoms with Crippen LogP contribution in [0.5, 0.6) is 5.75 Å². The maximum atomic E-state index is 13.7. The third-order valence-corrected chi connectivity index (χ3v) is 3.20. The summed E-state index contributed by atoms with van der Waals surface area (Å²) in [6.07, 6.45) is 2.16. The van der Waals surface area contributed by atoms with Crippen molar-refractivity contribution in [2.24, 2.45) is 5.92 Å². The minimum atomic E-state index is -0.417. The summed E-state index contributed by atoms with van der Waals surface area (Å²) in [4.78, 5) is 0. The van der Waals surface area contributed by atoms with E-state index >= 15 is 0 Å². The van der Waals surface area contributed by atoms with Gasteiger partial charge in [-0.3, -0.25) is 0 Å². The maximum absolute atomic E-state index is 13.7. The molecular weight excluding hydrogens is 243 g/mol. The molecule has 3 nitrogen and oxygen atoms in total. The molecule has 1 rings (SSSR count). The topological polar surface area (TPSA) is 47.3 Å². The number of benzene rings is 1. The van der Waals surface area contributed by atoms with Gasteiger partial charge in [-0.1, -0.05) is 26.7 Å². The number of halogens is 1. The Kier molecular flexibility index (Phi) is 5.93. The van der Waals surface area contributed by atoms with Crippen LogP contribution in [-0.4, -0.2) is 12.6 Å². The molecule has 1 aromatic rings. The SMILES string of the molecule is CCC(CC)CNc1cc(OC(C)C)c(F)cc1N. The summed E-state index contributed by atoms with van der Waals surface area (Å²) in [5, 5.41) is 3.28. The second-order valence-electron chi connectivity index (χ2n) is 5.10. The monoisotopic (exact) mass is 268 g/mol. The van der Waals surface area contributed by atoms with Gasteiger partial charge in [0.25, 0.3) is 0 Å². The van der Waals surface area contributed by atoms with Gasteiger partial charge in [0.05, 0.1) is 17.5 Å². The second-order valence-corrected chi connectivity index (χ2v) is 5.10. The van der Waals surface area contributed by atoms with Crippen LogP contribution in [0.25, 0.3) is 0 Å². The van der Waals surface area contributed by atoms with Crippen molar-refractivity contribution in [3.8, 4) is 5.75 Å². The van der Waals surface area contributed by atoms with E-state index in [9.17, 15) is 4.39 Å². The van der Waals surface area contributed by atoms with Crippen molar-refractivity contribution < 1.29 is 9.13 Å². The van der Waals surface area contributed by atoms with Crippen molar-refractivity contribution in [2.75, 3.05) is 17.6 Å². The molecule has 3 N–H and O–H groups in total. The largest absolute Gasteiger partial charge is 0.488 e. The highest BCUT2D eigenvalue weighted by atomic mass is 19.1. The minimum absolute atomic E-state index is 0.0648. The highest BCUT2D eigenvalue weighted by Crippen LogP contribution is 2.29. The Labute approximate surface area is 115 Å². The molecule has 0 fully saturated rings. The molecule has 19 heavy (non-hydrogen) atoms. The molecule has 0 heterocycles. The molecule has 0 saturated heterocycles. The van der Waals surface area contributed by atoms with E-state index in [1.165, 1.54) is 6.07 Å². The zero-order valence-corrected chi connectivity index (χ0v) is 12.3. The molecule has 4 heteroatoms. The van der Waals surface area contributed by atoms with Gasteiger partial charge in [-0.25, -0.2) is 4.39 Å². The molecule has 0 saturated carbocycles. The van der Waals surface area contributed by atoms with E-state index in [4.69, 9.17) is 10.5 Å². The average molecular weight is 268 g/mol. The van der Waals surface area contributed by atoms with Crippen LogP contribution in [0.1, 0.15) is 40.5 Å². The van der Waals surface area contributed by atoms with Crippen molar-refractivity contribution >= 4 is 11.4 Å². The third kappa shape index (κ3) is 4.62. The van der Waals surface area contributed by atoms with E-state index in [1.807, 2.05) is 13.8 Å². The standard InChI is InChI=1S/C15H25FN2O/c1-5-11(6-2)9-18-14-8-15(19-10(3)4)12(16)7-13(14)17/h7-8,10-11,18H,5-6,9,17H2,1-4H3. The predicted molar refractivity (Wildman–Crippen MR) is 79.1 cm³/mol. The van der Waals surface area contributed by atoms with Crippen LogP contribution < -0.4 is 15.8 Å². The van der Waals surface area contributed by atoms with Crippen molar-refractivity contribution in [2.45, 2.75) is 46.6 Å². The van der Waals surface area contributed by atoms with Gasteiger partial charge in [0, 0.05) is 18.7 Å². The first kappa shape index (κ1) is 15.6. The van der Waals surface area contributed by atoms with Crippen LogP contribution in [0.15, 0.2) is 12.1 Å². The lowest BCUT2D eigenvalue weighted by Gasteiger charge is -2.18. The second kappa shape index (κ2) is 7.22. The lowest BCUT2D eigenvalue weighted by molar-refractivity contribution is 0.231. The highest BCUT2D eigenvalue weighted by molar-refractivity contribution is 5.68. The Morgan fingerprint density at radius 3 is 2.42 bits per heavy atom. The molecule has 0 aromatic heterocycles. The number of ether oxygens (including phenoxy) is 1. The Balaban J connectivity index is 2.82. The highest BCUT2D eigenvalue weighted by Gasteiger charge is 2.11. The third-order valence-electron chi connectivity index (χ3n) is 3.20. The van der Waals surface area contributed by atoms with Gasteiger partial charge in [-0.05, 0) is 19.8 Å². The summed E-state index contributed by atoms with van der Waals surface area (Å²) in [5.74, 6) is 0.425. The van der Waals surface area contributed by atoms with Crippen LogP contribution in [0.3, 0.4) is 0 Å². The normalized spacial score (nSPS) is 11.1. The lowest BCUT2D eigenvalue weighted by atomic mass is 10.0. The maximum Gasteiger partial charge on any atom is 0.167 e. The van der Waals surface area contributed by atoms with Gasteiger partial charge >= 0.3 is 0 Å². The summed E-state index contributed by atoms with van der Waals surface area (Å²) in [7, 11) is 0. The number of nitrogens with two attached hydrogens (primary N) is 1. The number of nitrogen functional groups attached to an aromatic ring is 1. The quantitative estimate of drug-likeness (QED) is 0.734. The Bertz CT molecular complexity index is 403. The van der Waals surface area contributed by atoms with Gasteiger partial charge in [-0.2, -0.15) is 0 Å². The summed E-state index contributed by atoms with van der Waals surface area (Å²) in [6.45, 7) is 8.90. The zero-order chi connectivity index (χ0) is 14.4. The van der Waals surface area contributed by atoms with Crippen LogP contribution >= 0.6 is 0 Å². The van der Waals surface area contributed by atoms with Crippen LogP contribution in [-0.2, 0) is 0 Å². The van der Waals surface area contributed by atoms with Gasteiger partial charge < -0.3 is 15.8 Å². The molecule has 0 spiro atoms. The van der Waals surface area contributed by atoms with E-state index in [0.717, 1.165) is 25.1 Å². The fourth-order valence-corrected chi connectivity index (χ4v) is 1.90. The first-order valence-corrected chi connectivity index (χ1v) is 6.97. The van der Waals surface area contributed by atoms with E-state index in [1.54, 1.807) is 6.07 Å². The smallest absolute Gasteiger partial charge is 0.167 e. The van der Waals surface area contributed by atoms with E-state index in [-0.39, 0.29) is 11.9 Å². The van der Waals surface area contributed by atoms with Gasteiger partial charge in [0.15, 0.2) is 11.6 Å². The number of hydrogen-bond acceptors (Lipinski definition) is 3. The lowest BCUT2D eigenvalue weighted by Crippen LogP contribution is -2.14. The average Bonchev–Trinajstić information content (AvgIpc) is 2.35. The van der Waals surface area contributed by atoms with Crippen LogP contribution in [0.4, 0.5) is 15.8 Å². The first-order valence-electron chi connectivity index (χ1n) is 6.97. The number of hydrogen-bond donors (Lipinski definition) is 2. The Hall–Kier alpha value is -1.45. The molecule has 0 aliphatic carbocycles. The minimum Gasteiger partial charge on any atom is -0.488 e. The summed E-state index contributed by atoms with van der Waals surface area (Å²) >= 11 is 0. The number of nitrogens with one attached hydrogen (secondary N) is 1. The molecule has 108 valence electrons. The van der Waals surface area contributed by atoms with E-state index < -0.39 is 5.82 Å². The molecule has 0 bridgehead atoms. The molecule has 0 radical (unpaired) electrons. The van der Waals surface area contributed by atoms with Crippen molar-refractivity contribution in [1.82, 2.24) is 0 Å². The predicted octanol–water partition coefficient (Wildman–Crippen LogP) is 4.04. The molecule has 0 aliphatic heterocycles. The summed E-state index contributed by atoms with van der Waals surface area (Å²) in [6, 6.07) is 2.96. The van der Waals surface area contributed by atoms with Crippen molar-refractivity contribution in [1.29, 1.82) is 0 Å².